The van der Waals surface area contributed by atoms with Gasteiger partial charge in [0.1, 0.15) is 17.3 Å². The first-order chi connectivity index (χ1) is 14.4. The summed E-state index contributed by atoms with van der Waals surface area (Å²) in [6.45, 7) is 1.61. The molecule has 162 valence electrons. The summed E-state index contributed by atoms with van der Waals surface area (Å²) in [7, 11) is 0. The van der Waals surface area contributed by atoms with Crippen LogP contribution >= 0.6 is 0 Å². The van der Waals surface area contributed by atoms with Gasteiger partial charge in [-0.3, -0.25) is 5.32 Å². The molecule has 0 fully saturated rings. The number of alkyl halides is 6. The second-order valence-corrected chi connectivity index (χ2v) is 6.73. The minimum absolute atomic E-state index is 0.0591. The molecule has 2 aliphatic heterocycles. The fourth-order valence-electron chi connectivity index (χ4n) is 3.09. The Hall–Kier alpha value is -3.57. The van der Waals surface area contributed by atoms with Crippen molar-refractivity contribution in [2.75, 3.05) is 5.32 Å². The van der Waals surface area contributed by atoms with Crippen LogP contribution in [-0.2, 0) is 12.4 Å². The van der Waals surface area contributed by atoms with Crippen LogP contribution in [0, 0.1) is 0 Å². The smallest absolute Gasteiger partial charge is 0.417 e. The first kappa shape index (κ1) is 20.7. The molecule has 1 N–H and O–H groups in total. The van der Waals surface area contributed by atoms with Crippen LogP contribution in [0.1, 0.15) is 23.6 Å². The zero-order chi connectivity index (χ0) is 22.6. The Morgan fingerprint density at radius 2 is 1.74 bits per heavy atom. The highest BCUT2D eigenvalue weighted by Crippen LogP contribution is 2.38. The predicted molar refractivity (Wildman–Crippen MR) is 96.3 cm³/mol. The van der Waals surface area contributed by atoms with Crippen molar-refractivity contribution in [2.24, 2.45) is 5.10 Å². The standard InChI is InChI=1S/C19H12F6N4O2/c1-9-13-8-31-14-6-10(18(20,21)22)2-4-12(14)16(13)28-29(9)17(30)27-15-5-3-11(7-26-15)19(23,24)25/h2-9H,1H3,(H,26,27,30)/t9-/m1/s1. The average molecular weight is 442 g/mol. The zero-order valence-electron chi connectivity index (χ0n) is 15.5. The summed E-state index contributed by atoms with van der Waals surface area (Å²) in [6.07, 6.45) is -7.31. The van der Waals surface area contributed by atoms with Crippen LogP contribution < -0.4 is 10.1 Å². The molecular weight excluding hydrogens is 430 g/mol. The third kappa shape index (κ3) is 3.80. The number of urea groups is 1. The summed E-state index contributed by atoms with van der Waals surface area (Å²) in [5, 5.41) is 7.53. The number of hydrogen-bond acceptors (Lipinski definition) is 4. The quantitative estimate of drug-likeness (QED) is 0.630. The molecule has 0 spiro atoms. The summed E-state index contributed by atoms with van der Waals surface area (Å²) >= 11 is 0. The van der Waals surface area contributed by atoms with Crippen molar-refractivity contribution in [3.05, 3.63) is 65.1 Å². The van der Waals surface area contributed by atoms with Gasteiger partial charge in [-0.15, -0.1) is 0 Å². The van der Waals surface area contributed by atoms with Gasteiger partial charge in [-0.05, 0) is 37.3 Å². The highest BCUT2D eigenvalue weighted by atomic mass is 19.4. The topological polar surface area (TPSA) is 66.8 Å². The summed E-state index contributed by atoms with van der Waals surface area (Å²) in [6, 6.07) is 3.27. The minimum atomic E-state index is -4.56. The number of aromatic nitrogens is 1. The Labute approximate surface area is 170 Å². The second-order valence-electron chi connectivity index (χ2n) is 6.73. The van der Waals surface area contributed by atoms with Gasteiger partial charge in [0.2, 0.25) is 0 Å². The van der Waals surface area contributed by atoms with E-state index >= 15 is 0 Å². The van der Waals surface area contributed by atoms with E-state index in [1.165, 1.54) is 12.3 Å². The lowest BCUT2D eigenvalue weighted by Gasteiger charge is -2.20. The first-order valence-electron chi connectivity index (χ1n) is 8.76. The second kappa shape index (κ2) is 7.00. The molecule has 12 heteroatoms. The summed E-state index contributed by atoms with van der Waals surface area (Å²) in [5.74, 6) is -0.183. The molecule has 0 saturated heterocycles. The highest BCUT2D eigenvalue weighted by Gasteiger charge is 2.39. The number of carbonyl (C=O) groups excluding carboxylic acids is 1. The normalized spacial score (nSPS) is 17.9. The molecule has 0 bridgehead atoms. The number of benzene rings is 1. The lowest BCUT2D eigenvalue weighted by atomic mass is 9.96. The molecule has 1 aromatic heterocycles. The Bertz CT molecular complexity index is 1110. The molecule has 1 atom stereocenters. The van der Waals surface area contributed by atoms with E-state index in [0.717, 1.165) is 29.3 Å². The molecule has 1 aromatic carbocycles. The molecule has 3 heterocycles. The van der Waals surface area contributed by atoms with Crippen LogP contribution in [0.4, 0.5) is 37.0 Å². The van der Waals surface area contributed by atoms with Gasteiger partial charge in [0.15, 0.2) is 0 Å². The van der Waals surface area contributed by atoms with Crippen LogP contribution in [0.5, 0.6) is 5.75 Å². The predicted octanol–water partition coefficient (Wildman–Crippen LogP) is 5.04. The van der Waals surface area contributed by atoms with Crippen LogP contribution in [0.3, 0.4) is 0 Å². The van der Waals surface area contributed by atoms with Crippen molar-refractivity contribution in [3.63, 3.8) is 0 Å². The van der Waals surface area contributed by atoms with E-state index in [4.69, 9.17) is 4.74 Å². The van der Waals surface area contributed by atoms with Crippen molar-refractivity contribution in [1.82, 2.24) is 9.99 Å². The van der Waals surface area contributed by atoms with Gasteiger partial charge in [0.05, 0.1) is 23.4 Å². The lowest BCUT2D eigenvalue weighted by molar-refractivity contribution is -0.138. The third-order valence-electron chi connectivity index (χ3n) is 4.71. The fraction of sp³-hybridized carbons (Fsp3) is 0.211. The maximum absolute atomic E-state index is 12.9. The lowest BCUT2D eigenvalue weighted by Crippen LogP contribution is -2.35. The maximum Gasteiger partial charge on any atom is 0.417 e. The first-order valence-corrected chi connectivity index (χ1v) is 8.76. The molecular formula is C19H12F6N4O2. The van der Waals surface area contributed by atoms with E-state index in [9.17, 15) is 31.1 Å². The molecule has 0 aliphatic carbocycles. The van der Waals surface area contributed by atoms with E-state index in [1.807, 2.05) is 0 Å². The average Bonchev–Trinajstić information content (AvgIpc) is 3.04. The molecule has 2 aliphatic rings. The number of hydrogen-bond donors (Lipinski definition) is 1. The number of ether oxygens (including phenoxy) is 1. The van der Waals surface area contributed by atoms with Crippen LogP contribution in [0.15, 0.2) is 53.5 Å². The number of anilines is 1. The van der Waals surface area contributed by atoms with E-state index in [1.54, 1.807) is 6.92 Å². The summed E-state index contributed by atoms with van der Waals surface area (Å²) in [5.41, 5.74) is -0.859. The fourth-order valence-corrected chi connectivity index (χ4v) is 3.09. The third-order valence-corrected chi connectivity index (χ3v) is 4.71. The van der Waals surface area contributed by atoms with Crippen molar-refractivity contribution < 1.29 is 35.9 Å². The van der Waals surface area contributed by atoms with Crippen LogP contribution in [0.2, 0.25) is 0 Å². The van der Waals surface area contributed by atoms with Gasteiger partial charge < -0.3 is 4.74 Å². The van der Waals surface area contributed by atoms with Gasteiger partial charge in [-0.2, -0.15) is 31.4 Å². The number of hydrazone groups is 1. The number of nitrogens with one attached hydrogen (secondary N) is 1. The Morgan fingerprint density at radius 3 is 2.35 bits per heavy atom. The maximum atomic E-state index is 12.9. The number of nitrogens with zero attached hydrogens (tertiary/aromatic N) is 3. The highest BCUT2D eigenvalue weighted by molar-refractivity contribution is 6.17. The molecule has 31 heavy (non-hydrogen) atoms. The Balaban J connectivity index is 1.57. The molecule has 0 radical (unpaired) electrons. The monoisotopic (exact) mass is 442 g/mol. The molecule has 2 amide bonds. The van der Waals surface area contributed by atoms with Crippen LogP contribution in [-0.4, -0.2) is 27.8 Å². The van der Waals surface area contributed by atoms with Gasteiger partial charge in [0, 0.05) is 17.3 Å². The SMILES string of the molecule is C[C@@H]1C2=COc3cc(C(F)(F)F)ccc3C2=NN1C(=O)Nc1ccc(C(F)(F)F)cn1. The number of amides is 2. The molecule has 6 nitrogen and oxygen atoms in total. The molecule has 0 unspecified atom stereocenters. The summed E-state index contributed by atoms with van der Waals surface area (Å²) < 4.78 is 82.0. The Kier molecular flexibility index (Phi) is 4.67. The van der Waals surface area contributed by atoms with Gasteiger partial charge in [-0.25, -0.2) is 14.8 Å². The summed E-state index contributed by atoms with van der Waals surface area (Å²) in [4.78, 5) is 16.1. The van der Waals surface area contributed by atoms with Crippen molar-refractivity contribution in [1.29, 1.82) is 0 Å². The van der Waals surface area contributed by atoms with Gasteiger partial charge in [0.25, 0.3) is 0 Å². The van der Waals surface area contributed by atoms with E-state index in [0.29, 0.717) is 11.8 Å². The van der Waals surface area contributed by atoms with E-state index < -0.39 is 35.6 Å². The minimum Gasteiger partial charge on any atom is -0.464 e. The molecule has 4 rings (SSSR count). The van der Waals surface area contributed by atoms with Gasteiger partial charge >= 0.3 is 18.4 Å². The number of carbonyl (C=O) groups is 1. The van der Waals surface area contributed by atoms with E-state index in [2.05, 4.69) is 15.4 Å². The van der Waals surface area contributed by atoms with Crippen molar-refractivity contribution >= 4 is 17.6 Å². The number of halogens is 6. The number of rotatable bonds is 1. The zero-order valence-corrected chi connectivity index (χ0v) is 15.5. The van der Waals surface area contributed by atoms with Crippen LogP contribution in [0.25, 0.3) is 0 Å². The largest absolute Gasteiger partial charge is 0.464 e. The number of fused-ring (bicyclic) bond motifs is 3. The Morgan fingerprint density at radius 1 is 1.06 bits per heavy atom. The molecule has 2 aromatic rings. The number of pyridine rings is 1. The van der Waals surface area contributed by atoms with E-state index in [-0.39, 0.29) is 22.8 Å². The van der Waals surface area contributed by atoms with Crippen molar-refractivity contribution in [2.45, 2.75) is 25.3 Å². The van der Waals surface area contributed by atoms with Crippen molar-refractivity contribution in [3.8, 4) is 5.75 Å². The molecule has 0 saturated carbocycles. The van der Waals surface area contributed by atoms with Gasteiger partial charge in [-0.1, -0.05) is 0 Å².